The highest BCUT2D eigenvalue weighted by atomic mass is 35.5. The Labute approximate surface area is 171 Å². The summed E-state index contributed by atoms with van der Waals surface area (Å²) in [5.74, 6) is 0.338. The van der Waals surface area contributed by atoms with Crippen molar-refractivity contribution >= 4 is 40.3 Å². The van der Waals surface area contributed by atoms with Crippen LogP contribution in [0.1, 0.15) is 25.7 Å². The maximum Gasteiger partial charge on any atom is 0.262 e. The summed E-state index contributed by atoms with van der Waals surface area (Å²) in [6.45, 7) is 1.62. The van der Waals surface area contributed by atoms with E-state index in [0.717, 1.165) is 31.6 Å². The molecule has 1 fully saturated rings. The molecule has 9 heteroatoms. The molecule has 7 nitrogen and oxygen atoms in total. The average Bonchev–Trinajstić information content (AvgIpc) is 2.93. The first-order valence-corrected chi connectivity index (χ1v) is 10.6. The van der Waals surface area contributed by atoms with Gasteiger partial charge >= 0.3 is 0 Å². The first-order valence-electron chi connectivity index (χ1n) is 9.26. The number of amides is 1. The highest BCUT2D eigenvalue weighted by Crippen LogP contribution is 2.20. The zero-order valence-electron chi connectivity index (χ0n) is 15.2. The van der Waals surface area contributed by atoms with E-state index in [4.69, 9.17) is 11.6 Å². The first kappa shape index (κ1) is 19.0. The molecule has 2 aromatic heterocycles. The van der Waals surface area contributed by atoms with Crippen molar-refractivity contribution in [2.24, 2.45) is 0 Å². The number of nitrogens with one attached hydrogen (secondary N) is 1. The van der Waals surface area contributed by atoms with Gasteiger partial charge in [-0.1, -0.05) is 36.2 Å². The molecule has 0 bridgehead atoms. The summed E-state index contributed by atoms with van der Waals surface area (Å²) in [6.07, 6.45) is 5.95. The van der Waals surface area contributed by atoms with Gasteiger partial charge in [0.05, 0.1) is 17.6 Å². The summed E-state index contributed by atoms with van der Waals surface area (Å²) in [5.41, 5.74) is 0.944. The Bertz CT molecular complexity index is 1040. The Morgan fingerprint density at radius 2 is 1.86 bits per heavy atom. The van der Waals surface area contributed by atoms with Gasteiger partial charge < -0.3 is 9.88 Å². The number of aromatic amines is 1. The lowest BCUT2D eigenvalue weighted by molar-refractivity contribution is -0.128. The van der Waals surface area contributed by atoms with E-state index in [0.29, 0.717) is 21.2 Å². The molecule has 1 aliphatic heterocycles. The monoisotopic (exact) mass is 417 g/mol. The highest BCUT2D eigenvalue weighted by Gasteiger charge is 2.17. The molecule has 28 heavy (non-hydrogen) atoms. The Kier molecular flexibility index (Phi) is 5.68. The molecule has 0 spiro atoms. The zero-order valence-corrected chi connectivity index (χ0v) is 16.8. The molecule has 4 rings (SSSR count). The lowest BCUT2D eigenvalue weighted by Crippen LogP contribution is -2.33. The van der Waals surface area contributed by atoms with E-state index in [9.17, 15) is 9.59 Å². The number of nitrogens with zero attached hydrogens (tertiary/aromatic N) is 4. The van der Waals surface area contributed by atoms with Crippen molar-refractivity contribution < 1.29 is 4.79 Å². The average molecular weight is 418 g/mol. The molecule has 1 N–H and O–H groups in total. The van der Waals surface area contributed by atoms with Crippen LogP contribution in [0.4, 0.5) is 0 Å². The fraction of sp³-hybridized carbons (Fsp3) is 0.368. The van der Waals surface area contributed by atoms with Crippen molar-refractivity contribution in [2.45, 2.75) is 30.8 Å². The largest absolute Gasteiger partial charge is 0.342 e. The zero-order chi connectivity index (χ0) is 19.5. The van der Waals surface area contributed by atoms with E-state index < -0.39 is 0 Å². The number of H-pyrrole nitrogens is 1. The van der Waals surface area contributed by atoms with Crippen LogP contribution in [0.15, 0.2) is 40.4 Å². The molecule has 1 aromatic carbocycles. The van der Waals surface area contributed by atoms with E-state index in [1.807, 2.05) is 17.0 Å². The second-order valence-electron chi connectivity index (χ2n) is 6.72. The van der Waals surface area contributed by atoms with Gasteiger partial charge in [-0.2, -0.15) is 5.10 Å². The normalized spacial score (nSPS) is 15.0. The van der Waals surface area contributed by atoms with Crippen LogP contribution in [0.25, 0.3) is 16.7 Å². The molecule has 0 unspecified atom stereocenters. The van der Waals surface area contributed by atoms with Crippen LogP contribution in [0.2, 0.25) is 5.02 Å². The first-order chi connectivity index (χ1) is 13.6. The number of hydrogen-bond acceptors (Lipinski definition) is 5. The number of halogens is 1. The van der Waals surface area contributed by atoms with Crippen LogP contribution in [-0.2, 0) is 4.79 Å². The van der Waals surface area contributed by atoms with Gasteiger partial charge in [0.1, 0.15) is 5.39 Å². The van der Waals surface area contributed by atoms with Crippen LogP contribution in [0.5, 0.6) is 0 Å². The van der Waals surface area contributed by atoms with Crippen molar-refractivity contribution in [3.8, 4) is 5.69 Å². The number of benzene rings is 1. The van der Waals surface area contributed by atoms with Crippen LogP contribution < -0.4 is 5.56 Å². The number of carbonyl (C=O) groups is 1. The maximum atomic E-state index is 12.5. The van der Waals surface area contributed by atoms with Gasteiger partial charge in [-0.3, -0.25) is 9.59 Å². The van der Waals surface area contributed by atoms with Crippen molar-refractivity contribution in [1.29, 1.82) is 0 Å². The third kappa shape index (κ3) is 4.07. The number of fused-ring (bicyclic) bond motifs is 1. The minimum Gasteiger partial charge on any atom is -0.342 e. The standard InChI is InChI=1S/C19H20ClN5O2S/c20-13-5-7-14(8-6-13)25-17-15(11-21-25)18(27)23-19(22-17)28-12-16(26)24-9-3-1-2-4-10-24/h5-8,11H,1-4,9-10,12H2,(H,22,23,27). The van der Waals surface area contributed by atoms with E-state index in [1.165, 1.54) is 30.8 Å². The van der Waals surface area contributed by atoms with Gasteiger partial charge in [0, 0.05) is 18.1 Å². The fourth-order valence-corrected chi connectivity index (χ4v) is 4.16. The molecule has 3 heterocycles. The van der Waals surface area contributed by atoms with Crippen LogP contribution in [-0.4, -0.2) is 49.4 Å². The number of hydrogen-bond donors (Lipinski definition) is 1. The summed E-state index contributed by atoms with van der Waals surface area (Å²) in [7, 11) is 0. The van der Waals surface area contributed by atoms with Gasteiger partial charge in [-0.15, -0.1) is 0 Å². The molecule has 0 saturated carbocycles. The van der Waals surface area contributed by atoms with Gasteiger partial charge in [-0.25, -0.2) is 9.67 Å². The molecular weight excluding hydrogens is 398 g/mol. The van der Waals surface area contributed by atoms with E-state index in [-0.39, 0.29) is 17.2 Å². The smallest absolute Gasteiger partial charge is 0.262 e. The van der Waals surface area contributed by atoms with Crippen LogP contribution in [0.3, 0.4) is 0 Å². The molecule has 1 amide bonds. The van der Waals surface area contributed by atoms with Gasteiger partial charge in [0.15, 0.2) is 10.8 Å². The third-order valence-electron chi connectivity index (χ3n) is 4.78. The molecule has 0 atom stereocenters. The summed E-state index contributed by atoms with van der Waals surface area (Å²) in [5, 5.41) is 5.72. The van der Waals surface area contributed by atoms with Crippen LogP contribution in [0, 0.1) is 0 Å². The minimum absolute atomic E-state index is 0.0841. The summed E-state index contributed by atoms with van der Waals surface area (Å²) in [4.78, 5) is 34.1. The molecule has 0 aliphatic carbocycles. The Hall–Kier alpha value is -2.32. The molecule has 1 aliphatic rings. The van der Waals surface area contributed by atoms with Gasteiger partial charge in [0.2, 0.25) is 5.91 Å². The summed E-state index contributed by atoms with van der Waals surface area (Å²) >= 11 is 7.19. The number of thioether (sulfide) groups is 1. The predicted octanol–water partition coefficient (Wildman–Crippen LogP) is 3.26. The third-order valence-corrected chi connectivity index (χ3v) is 5.89. The van der Waals surface area contributed by atoms with Crippen molar-refractivity contribution in [1.82, 2.24) is 24.6 Å². The number of carbonyl (C=O) groups excluding carboxylic acids is 1. The predicted molar refractivity (Wildman–Crippen MR) is 110 cm³/mol. The SMILES string of the molecule is O=C(CSc1nc2c(cnn2-c2ccc(Cl)cc2)c(=O)[nH]1)N1CCCCCC1. The Balaban J connectivity index is 1.56. The second-order valence-corrected chi connectivity index (χ2v) is 8.13. The van der Waals surface area contributed by atoms with E-state index >= 15 is 0 Å². The maximum absolute atomic E-state index is 12.5. The number of likely N-dealkylation sites (tertiary alicyclic amines) is 1. The Morgan fingerprint density at radius 1 is 1.14 bits per heavy atom. The number of rotatable bonds is 4. The number of aromatic nitrogens is 4. The fourth-order valence-electron chi connectivity index (χ4n) is 3.28. The Morgan fingerprint density at radius 3 is 2.57 bits per heavy atom. The second kappa shape index (κ2) is 8.36. The van der Waals surface area contributed by atoms with Gasteiger partial charge in [0.25, 0.3) is 5.56 Å². The van der Waals surface area contributed by atoms with Crippen molar-refractivity contribution in [2.75, 3.05) is 18.8 Å². The molecule has 1 saturated heterocycles. The minimum atomic E-state index is -0.269. The topological polar surface area (TPSA) is 83.9 Å². The molecular formula is C19H20ClN5O2S. The van der Waals surface area contributed by atoms with E-state index in [2.05, 4.69) is 15.1 Å². The highest BCUT2D eigenvalue weighted by molar-refractivity contribution is 7.99. The quantitative estimate of drug-likeness (QED) is 0.520. The van der Waals surface area contributed by atoms with Gasteiger partial charge in [-0.05, 0) is 37.1 Å². The molecule has 3 aromatic rings. The molecule has 0 radical (unpaired) electrons. The molecule has 146 valence electrons. The van der Waals surface area contributed by atoms with Crippen LogP contribution >= 0.6 is 23.4 Å². The summed E-state index contributed by atoms with van der Waals surface area (Å²) < 4.78 is 1.60. The lowest BCUT2D eigenvalue weighted by atomic mass is 10.2. The van der Waals surface area contributed by atoms with E-state index in [1.54, 1.807) is 16.8 Å². The van der Waals surface area contributed by atoms with Crippen molar-refractivity contribution in [3.05, 3.63) is 45.8 Å². The summed E-state index contributed by atoms with van der Waals surface area (Å²) in [6, 6.07) is 7.14. The van der Waals surface area contributed by atoms with Crippen molar-refractivity contribution in [3.63, 3.8) is 0 Å². The lowest BCUT2D eigenvalue weighted by Gasteiger charge is -2.19.